The second-order valence-corrected chi connectivity index (χ2v) is 6.71. The van der Waals surface area contributed by atoms with E-state index in [0.717, 1.165) is 25.7 Å². The molecule has 3 atom stereocenters. The van der Waals surface area contributed by atoms with Crippen molar-refractivity contribution in [1.29, 1.82) is 0 Å². The third-order valence-electron chi connectivity index (χ3n) is 4.89. The molecule has 2 fully saturated rings. The molecule has 120 valence electrons. The van der Waals surface area contributed by atoms with Gasteiger partial charge < -0.3 is 10.4 Å². The standard InChI is InChI=1S/C17H18ClN3O2/c18-11-8-10(16(22)14-9(11)4-3-7-19-14)15-17(23)21-13-6-2-1-5-12(13)20-15/h3-4,7-8,12-13,15,20,22H,1-2,5-6H2,(H,21,23)/t12-,13-,15-/m0/s1. The molecule has 2 heterocycles. The van der Waals surface area contributed by atoms with Gasteiger partial charge in [0.05, 0.1) is 5.02 Å². The average molecular weight is 332 g/mol. The number of nitrogens with one attached hydrogen (secondary N) is 2. The number of phenolic OH excluding ortho intramolecular Hbond substituents is 1. The number of halogens is 1. The Balaban J connectivity index is 1.76. The largest absolute Gasteiger partial charge is 0.505 e. The quantitative estimate of drug-likeness (QED) is 0.751. The van der Waals surface area contributed by atoms with Gasteiger partial charge in [-0.3, -0.25) is 15.1 Å². The Labute approximate surface area is 139 Å². The molecule has 23 heavy (non-hydrogen) atoms. The summed E-state index contributed by atoms with van der Waals surface area (Å²) in [5, 5.41) is 18.3. The van der Waals surface area contributed by atoms with E-state index in [1.165, 1.54) is 0 Å². The minimum Gasteiger partial charge on any atom is -0.505 e. The second-order valence-electron chi connectivity index (χ2n) is 6.30. The molecule has 1 aliphatic carbocycles. The van der Waals surface area contributed by atoms with Crippen molar-refractivity contribution in [2.75, 3.05) is 0 Å². The molecule has 0 spiro atoms. The first-order chi connectivity index (χ1) is 11.1. The minimum absolute atomic E-state index is 0.0203. The van der Waals surface area contributed by atoms with Crippen LogP contribution in [0.25, 0.3) is 10.9 Å². The summed E-state index contributed by atoms with van der Waals surface area (Å²) >= 11 is 6.33. The van der Waals surface area contributed by atoms with Crippen molar-refractivity contribution in [2.24, 2.45) is 0 Å². The van der Waals surface area contributed by atoms with Gasteiger partial charge in [0.25, 0.3) is 0 Å². The first-order valence-corrected chi connectivity index (χ1v) is 8.35. The van der Waals surface area contributed by atoms with Crippen LogP contribution in [0.3, 0.4) is 0 Å². The van der Waals surface area contributed by atoms with Crippen LogP contribution in [0.2, 0.25) is 5.02 Å². The number of aromatic hydroxyl groups is 1. The molecule has 6 heteroatoms. The molecular weight excluding hydrogens is 314 g/mol. The van der Waals surface area contributed by atoms with Crippen LogP contribution in [0.5, 0.6) is 5.75 Å². The van der Waals surface area contributed by atoms with Crippen molar-refractivity contribution < 1.29 is 9.90 Å². The molecule has 1 saturated heterocycles. The van der Waals surface area contributed by atoms with E-state index in [-0.39, 0.29) is 23.7 Å². The van der Waals surface area contributed by atoms with E-state index < -0.39 is 6.04 Å². The molecule has 4 rings (SSSR count). The summed E-state index contributed by atoms with van der Waals surface area (Å²) in [7, 11) is 0. The number of pyridine rings is 1. The van der Waals surface area contributed by atoms with Crippen molar-refractivity contribution >= 4 is 28.4 Å². The summed E-state index contributed by atoms with van der Waals surface area (Å²) in [6.07, 6.45) is 5.94. The lowest BCUT2D eigenvalue weighted by atomic mass is 9.86. The number of carbonyl (C=O) groups excluding carboxylic acids is 1. The van der Waals surface area contributed by atoms with Gasteiger partial charge in [0.15, 0.2) is 0 Å². The topological polar surface area (TPSA) is 74.2 Å². The number of amides is 1. The molecule has 2 aliphatic rings. The van der Waals surface area contributed by atoms with E-state index in [1.54, 1.807) is 24.4 Å². The van der Waals surface area contributed by atoms with Crippen LogP contribution in [-0.4, -0.2) is 28.1 Å². The highest BCUT2D eigenvalue weighted by atomic mass is 35.5. The van der Waals surface area contributed by atoms with Crippen LogP contribution in [0, 0.1) is 0 Å². The van der Waals surface area contributed by atoms with Gasteiger partial charge in [0, 0.05) is 29.2 Å². The monoisotopic (exact) mass is 331 g/mol. The van der Waals surface area contributed by atoms with E-state index in [4.69, 9.17) is 11.6 Å². The SMILES string of the molecule is O=C1N[C@H]2CCCC[C@@H]2N[C@H]1c1cc(Cl)c2cccnc2c1O. The lowest BCUT2D eigenvalue weighted by Crippen LogP contribution is -2.61. The first kappa shape index (κ1) is 14.7. The molecule has 1 saturated carbocycles. The van der Waals surface area contributed by atoms with Crippen molar-refractivity contribution in [3.63, 3.8) is 0 Å². The van der Waals surface area contributed by atoms with Crippen LogP contribution < -0.4 is 10.6 Å². The van der Waals surface area contributed by atoms with Gasteiger partial charge in [-0.25, -0.2) is 0 Å². The zero-order valence-electron chi connectivity index (χ0n) is 12.6. The highest BCUT2D eigenvalue weighted by Gasteiger charge is 2.38. The third kappa shape index (κ3) is 2.44. The molecule has 1 aliphatic heterocycles. The van der Waals surface area contributed by atoms with Crippen LogP contribution in [0.4, 0.5) is 0 Å². The lowest BCUT2D eigenvalue weighted by Gasteiger charge is -2.40. The number of benzene rings is 1. The molecule has 3 N–H and O–H groups in total. The van der Waals surface area contributed by atoms with Gasteiger partial charge in [-0.05, 0) is 31.0 Å². The average Bonchev–Trinajstić information content (AvgIpc) is 2.58. The summed E-state index contributed by atoms with van der Waals surface area (Å²) in [6, 6.07) is 5.07. The molecule has 0 unspecified atom stereocenters. The van der Waals surface area contributed by atoms with E-state index in [2.05, 4.69) is 15.6 Å². The van der Waals surface area contributed by atoms with Crippen LogP contribution in [-0.2, 0) is 4.79 Å². The van der Waals surface area contributed by atoms with E-state index in [0.29, 0.717) is 21.5 Å². The summed E-state index contributed by atoms with van der Waals surface area (Å²) in [6.45, 7) is 0. The molecule has 1 amide bonds. The van der Waals surface area contributed by atoms with Crippen LogP contribution in [0.1, 0.15) is 37.3 Å². The number of rotatable bonds is 1. The normalized spacial score (nSPS) is 27.5. The molecule has 0 radical (unpaired) electrons. The Hall–Kier alpha value is -1.85. The van der Waals surface area contributed by atoms with Crippen LogP contribution >= 0.6 is 11.6 Å². The summed E-state index contributed by atoms with van der Waals surface area (Å²) < 4.78 is 0. The fourth-order valence-corrected chi connectivity index (χ4v) is 3.99. The maximum absolute atomic E-state index is 12.5. The third-order valence-corrected chi connectivity index (χ3v) is 5.21. The van der Waals surface area contributed by atoms with Crippen molar-refractivity contribution in [2.45, 2.75) is 43.8 Å². The predicted molar refractivity (Wildman–Crippen MR) is 88.5 cm³/mol. The Morgan fingerprint density at radius 3 is 2.87 bits per heavy atom. The molecule has 2 aromatic rings. The Bertz CT molecular complexity index is 780. The van der Waals surface area contributed by atoms with Crippen LogP contribution in [0.15, 0.2) is 24.4 Å². The molecule has 5 nitrogen and oxygen atoms in total. The van der Waals surface area contributed by atoms with E-state index in [9.17, 15) is 9.90 Å². The summed E-state index contributed by atoms with van der Waals surface area (Å²) in [5.74, 6) is -0.0956. The van der Waals surface area contributed by atoms with Gasteiger partial charge in [-0.2, -0.15) is 0 Å². The number of piperazine rings is 1. The Morgan fingerprint density at radius 2 is 2.04 bits per heavy atom. The minimum atomic E-state index is -0.599. The lowest BCUT2D eigenvalue weighted by molar-refractivity contribution is -0.127. The zero-order chi connectivity index (χ0) is 16.0. The van der Waals surface area contributed by atoms with Crippen molar-refractivity contribution in [1.82, 2.24) is 15.6 Å². The fraction of sp³-hybridized carbons (Fsp3) is 0.412. The van der Waals surface area contributed by atoms with Gasteiger partial charge in [-0.15, -0.1) is 0 Å². The maximum Gasteiger partial charge on any atom is 0.242 e. The number of fused-ring (bicyclic) bond motifs is 2. The number of hydrogen-bond donors (Lipinski definition) is 3. The van der Waals surface area contributed by atoms with Gasteiger partial charge in [-0.1, -0.05) is 24.4 Å². The predicted octanol–water partition coefficient (Wildman–Crippen LogP) is 2.67. The second kappa shape index (κ2) is 5.65. The maximum atomic E-state index is 12.5. The number of phenols is 1. The first-order valence-electron chi connectivity index (χ1n) is 7.97. The van der Waals surface area contributed by atoms with E-state index in [1.807, 2.05) is 0 Å². The van der Waals surface area contributed by atoms with Gasteiger partial charge in [0.2, 0.25) is 5.91 Å². The fourth-order valence-electron chi connectivity index (χ4n) is 3.72. The Kier molecular flexibility index (Phi) is 3.62. The van der Waals surface area contributed by atoms with E-state index >= 15 is 0 Å². The molecular formula is C17H18ClN3O2. The van der Waals surface area contributed by atoms with Crippen molar-refractivity contribution in [3.05, 3.63) is 35.0 Å². The number of hydrogen-bond acceptors (Lipinski definition) is 4. The van der Waals surface area contributed by atoms with Crippen molar-refractivity contribution in [3.8, 4) is 5.75 Å². The van der Waals surface area contributed by atoms with Gasteiger partial charge in [0.1, 0.15) is 17.3 Å². The summed E-state index contributed by atoms with van der Waals surface area (Å²) in [5.41, 5.74) is 0.915. The molecule has 1 aromatic heterocycles. The Morgan fingerprint density at radius 1 is 1.26 bits per heavy atom. The highest BCUT2D eigenvalue weighted by Crippen LogP contribution is 2.38. The smallest absolute Gasteiger partial charge is 0.242 e. The zero-order valence-corrected chi connectivity index (χ0v) is 13.3. The molecule has 1 aromatic carbocycles. The number of aromatic nitrogens is 1. The number of nitrogens with zero attached hydrogens (tertiary/aromatic N) is 1. The molecule has 0 bridgehead atoms. The summed E-state index contributed by atoms with van der Waals surface area (Å²) in [4.78, 5) is 16.7. The number of carbonyl (C=O) groups is 1. The van der Waals surface area contributed by atoms with Gasteiger partial charge >= 0.3 is 0 Å². The highest BCUT2D eigenvalue weighted by molar-refractivity contribution is 6.35.